The Kier molecular flexibility index (Phi) is 3.42. The number of rotatable bonds is 1. The van der Waals surface area contributed by atoms with Gasteiger partial charge in [-0.05, 0) is 36.7 Å². The monoisotopic (exact) mass is 204 g/mol. The maximum Gasteiger partial charge on any atom is 0.0566 e. The summed E-state index contributed by atoms with van der Waals surface area (Å²) in [6, 6.07) is 10.7. The van der Waals surface area contributed by atoms with E-state index in [0.29, 0.717) is 11.8 Å². The van der Waals surface area contributed by atoms with Gasteiger partial charge < -0.3 is 5.11 Å². The largest absolute Gasteiger partial charge is 0.393 e. The summed E-state index contributed by atoms with van der Waals surface area (Å²) in [5, 5.41) is 9.82. The molecule has 2 rings (SSSR count). The Morgan fingerprint density at radius 1 is 1.13 bits per heavy atom. The maximum atomic E-state index is 9.82. The summed E-state index contributed by atoms with van der Waals surface area (Å²) >= 11 is 0. The summed E-state index contributed by atoms with van der Waals surface area (Å²) in [5.74, 6) is 1.09. The van der Waals surface area contributed by atoms with Gasteiger partial charge in [0.05, 0.1) is 6.10 Å². The van der Waals surface area contributed by atoms with Crippen LogP contribution in [0, 0.1) is 5.92 Å². The first-order valence-electron chi connectivity index (χ1n) is 6.00. The van der Waals surface area contributed by atoms with Gasteiger partial charge in [-0.1, -0.05) is 43.7 Å². The normalized spacial score (nSPS) is 32.3. The predicted molar refractivity (Wildman–Crippen MR) is 62.8 cm³/mol. The quantitative estimate of drug-likeness (QED) is 0.696. The first kappa shape index (κ1) is 10.7. The smallest absolute Gasteiger partial charge is 0.0566 e. The average Bonchev–Trinajstić information content (AvgIpc) is 2.43. The molecule has 1 aromatic rings. The minimum absolute atomic E-state index is 0.0845. The first-order chi connectivity index (χ1) is 7.27. The van der Waals surface area contributed by atoms with E-state index in [0.717, 1.165) is 19.3 Å². The van der Waals surface area contributed by atoms with E-state index in [1.54, 1.807) is 0 Å². The Morgan fingerprint density at radius 3 is 2.60 bits per heavy atom. The lowest BCUT2D eigenvalue weighted by molar-refractivity contribution is 0.109. The molecule has 15 heavy (non-hydrogen) atoms. The van der Waals surface area contributed by atoms with Crippen molar-refractivity contribution in [2.45, 2.75) is 44.6 Å². The molecule has 3 atom stereocenters. The molecule has 1 fully saturated rings. The zero-order chi connectivity index (χ0) is 10.7. The van der Waals surface area contributed by atoms with Gasteiger partial charge in [-0.3, -0.25) is 0 Å². The van der Waals surface area contributed by atoms with E-state index < -0.39 is 0 Å². The standard InChI is InChI=1S/C14H20O/c1-11-10-13(8-5-9-14(11)15)12-6-3-2-4-7-12/h2-4,6-7,11,13-15H,5,8-10H2,1H3. The first-order valence-corrected chi connectivity index (χ1v) is 6.00. The molecule has 0 amide bonds. The van der Waals surface area contributed by atoms with E-state index in [1.165, 1.54) is 12.0 Å². The lowest BCUT2D eigenvalue weighted by Crippen LogP contribution is -2.16. The van der Waals surface area contributed by atoms with Crippen molar-refractivity contribution in [1.82, 2.24) is 0 Å². The highest BCUT2D eigenvalue weighted by Crippen LogP contribution is 2.34. The molecule has 0 heterocycles. The maximum absolute atomic E-state index is 9.82. The Labute approximate surface area is 92.1 Å². The molecule has 0 bridgehead atoms. The third-order valence-corrected chi connectivity index (χ3v) is 3.64. The fraction of sp³-hybridized carbons (Fsp3) is 0.571. The van der Waals surface area contributed by atoms with Gasteiger partial charge in [-0.2, -0.15) is 0 Å². The van der Waals surface area contributed by atoms with Crippen molar-refractivity contribution in [1.29, 1.82) is 0 Å². The molecule has 3 unspecified atom stereocenters. The topological polar surface area (TPSA) is 20.2 Å². The Bertz CT molecular complexity index is 293. The van der Waals surface area contributed by atoms with Crippen LogP contribution in [0.2, 0.25) is 0 Å². The molecule has 1 heteroatoms. The van der Waals surface area contributed by atoms with Gasteiger partial charge in [0.15, 0.2) is 0 Å². The second kappa shape index (κ2) is 4.80. The van der Waals surface area contributed by atoms with Crippen molar-refractivity contribution < 1.29 is 5.11 Å². The molecule has 1 nitrogen and oxygen atoms in total. The van der Waals surface area contributed by atoms with Crippen LogP contribution in [0.25, 0.3) is 0 Å². The van der Waals surface area contributed by atoms with Crippen LogP contribution in [0.4, 0.5) is 0 Å². The molecule has 82 valence electrons. The second-order valence-corrected chi connectivity index (χ2v) is 4.82. The highest BCUT2D eigenvalue weighted by Gasteiger charge is 2.24. The minimum atomic E-state index is -0.0845. The molecule has 1 N–H and O–H groups in total. The number of benzene rings is 1. The molecule has 0 aromatic heterocycles. The van der Waals surface area contributed by atoms with Gasteiger partial charge in [-0.15, -0.1) is 0 Å². The Balaban J connectivity index is 2.10. The second-order valence-electron chi connectivity index (χ2n) is 4.82. The lowest BCUT2D eigenvalue weighted by Gasteiger charge is -2.19. The van der Waals surface area contributed by atoms with E-state index in [4.69, 9.17) is 0 Å². The van der Waals surface area contributed by atoms with Crippen molar-refractivity contribution in [3.05, 3.63) is 35.9 Å². The number of hydrogen-bond acceptors (Lipinski definition) is 1. The van der Waals surface area contributed by atoms with Crippen LogP contribution in [-0.4, -0.2) is 11.2 Å². The Morgan fingerprint density at radius 2 is 1.87 bits per heavy atom. The molecule has 1 aromatic carbocycles. The fourth-order valence-electron chi connectivity index (χ4n) is 2.61. The number of aliphatic hydroxyl groups excluding tert-OH is 1. The number of aliphatic hydroxyl groups is 1. The Hall–Kier alpha value is -0.820. The molecular formula is C14H20O. The van der Waals surface area contributed by atoms with Crippen molar-refractivity contribution in [3.63, 3.8) is 0 Å². The van der Waals surface area contributed by atoms with Gasteiger partial charge in [0.2, 0.25) is 0 Å². The molecule has 1 aliphatic carbocycles. The SMILES string of the molecule is CC1CC(c2ccccc2)CCCC1O. The highest BCUT2D eigenvalue weighted by molar-refractivity contribution is 5.19. The molecule has 0 spiro atoms. The minimum Gasteiger partial charge on any atom is -0.393 e. The van der Waals surface area contributed by atoms with Crippen LogP contribution in [-0.2, 0) is 0 Å². The summed E-state index contributed by atoms with van der Waals surface area (Å²) in [4.78, 5) is 0. The average molecular weight is 204 g/mol. The molecule has 0 radical (unpaired) electrons. The van der Waals surface area contributed by atoms with Crippen molar-refractivity contribution in [3.8, 4) is 0 Å². The lowest BCUT2D eigenvalue weighted by atomic mass is 9.88. The fourth-order valence-corrected chi connectivity index (χ4v) is 2.61. The van der Waals surface area contributed by atoms with Crippen LogP contribution in [0.1, 0.15) is 44.1 Å². The van der Waals surface area contributed by atoms with Gasteiger partial charge in [0, 0.05) is 0 Å². The van der Waals surface area contributed by atoms with Gasteiger partial charge >= 0.3 is 0 Å². The molecule has 1 aliphatic rings. The van der Waals surface area contributed by atoms with Gasteiger partial charge in [-0.25, -0.2) is 0 Å². The van der Waals surface area contributed by atoms with Gasteiger partial charge in [0.1, 0.15) is 0 Å². The highest BCUT2D eigenvalue weighted by atomic mass is 16.3. The summed E-state index contributed by atoms with van der Waals surface area (Å²) in [5.41, 5.74) is 1.44. The van der Waals surface area contributed by atoms with Crippen molar-refractivity contribution in [2.75, 3.05) is 0 Å². The zero-order valence-electron chi connectivity index (χ0n) is 9.39. The predicted octanol–water partition coefficient (Wildman–Crippen LogP) is 3.34. The van der Waals surface area contributed by atoms with E-state index in [-0.39, 0.29) is 6.10 Å². The van der Waals surface area contributed by atoms with Crippen LogP contribution >= 0.6 is 0 Å². The molecule has 0 aliphatic heterocycles. The van der Waals surface area contributed by atoms with Crippen LogP contribution in [0.3, 0.4) is 0 Å². The molecule has 1 saturated carbocycles. The summed E-state index contributed by atoms with van der Waals surface area (Å²) in [6.07, 6.45) is 4.41. The zero-order valence-corrected chi connectivity index (χ0v) is 9.39. The summed E-state index contributed by atoms with van der Waals surface area (Å²) in [7, 11) is 0. The van der Waals surface area contributed by atoms with Crippen molar-refractivity contribution >= 4 is 0 Å². The van der Waals surface area contributed by atoms with Crippen LogP contribution < -0.4 is 0 Å². The third kappa shape index (κ3) is 2.60. The van der Waals surface area contributed by atoms with Crippen LogP contribution in [0.15, 0.2) is 30.3 Å². The number of hydrogen-bond donors (Lipinski definition) is 1. The van der Waals surface area contributed by atoms with E-state index in [1.807, 2.05) is 0 Å². The van der Waals surface area contributed by atoms with E-state index in [2.05, 4.69) is 37.3 Å². The summed E-state index contributed by atoms with van der Waals surface area (Å²) < 4.78 is 0. The summed E-state index contributed by atoms with van der Waals surface area (Å²) in [6.45, 7) is 2.17. The van der Waals surface area contributed by atoms with E-state index >= 15 is 0 Å². The van der Waals surface area contributed by atoms with Crippen molar-refractivity contribution in [2.24, 2.45) is 5.92 Å². The third-order valence-electron chi connectivity index (χ3n) is 3.64. The van der Waals surface area contributed by atoms with Crippen LogP contribution in [0.5, 0.6) is 0 Å². The molecular weight excluding hydrogens is 184 g/mol. The van der Waals surface area contributed by atoms with Gasteiger partial charge in [0.25, 0.3) is 0 Å². The molecule has 0 saturated heterocycles. The van der Waals surface area contributed by atoms with E-state index in [9.17, 15) is 5.11 Å².